The topological polar surface area (TPSA) is 49.3 Å². The molecule has 2 aliphatic rings. The Morgan fingerprint density at radius 3 is 3.00 bits per heavy atom. The Bertz CT molecular complexity index is 435. The number of hydrogen-bond donors (Lipinski definition) is 1. The number of fused-ring (bicyclic) bond motifs is 1. The van der Waals surface area contributed by atoms with Crippen molar-refractivity contribution in [3.63, 3.8) is 0 Å². The standard InChI is InChI=1S/C14H21N3O/c1-10-15-8-12(9-18)14(16-10)17-7-6-11-4-2-3-5-13(11)17/h8,11,13,18H,2-7,9H2,1H3. The van der Waals surface area contributed by atoms with Crippen LogP contribution in [0.15, 0.2) is 6.20 Å². The van der Waals surface area contributed by atoms with Crippen LogP contribution >= 0.6 is 0 Å². The molecule has 1 aromatic heterocycles. The summed E-state index contributed by atoms with van der Waals surface area (Å²) in [4.78, 5) is 11.2. The van der Waals surface area contributed by atoms with E-state index in [4.69, 9.17) is 0 Å². The number of anilines is 1. The summed E-state index contributed by atoms with van der Waals surface area (Å²) in [6.07, 6.45) is 8.39. The van der Waals surface area contributed by atoms with Gasteiger partial charge < -0.3 is 10.0 Å². The van der Waals surface area contributed by atoms with Crippen LogP contribution in [0.3, 0.4) is 0 Å². The number of aliphatic hydroxyl groups excluding tert-OH is 1. The van der Waals surface area contributed by atoms with Gasteiger partial charge in [-0.25, -0.2) is 9.97 Å². The van der Waals surface area contributed by atoms with Crippen molar-refractivity contribution in [3.05, 3.63) is 17.6 Å². The molecule has 2 heterocycles. The molecule has 0 amide bonds. The molecule has 0 aromatic carbocycles. The van der Waals surface area contributed by atoms with E-state index >= 15 is 0 Å². The van der Waals surface area contributed by atoms with Crippen LogP contribution in [0, 0.1) is 12.8 Å². The van der Waals surface area contributed by atoms with Crippen LogP contribution in [-0.4, -0.2) is 27.7 Å². The molecule has 98 valence electrons. The minimum Gasteiger partial charge on any atom is -0.391 e. The molecule has 1 saturated heterocycles. The van der Waals surface area contributed by atoms with Gasteiger partial charge in [0.15, 0.2) is 0 Å². The Hall–Kier alpha value is -1.16. The highest BCUT2D eigenvalue weighted by molar-refractivity contribution is 5.48. The van der Waals surface area contributed by atoms with E-state index < -0.39 is 0 Å². The molecule has 1 saturated carbocycles. The molecule has 3 rings (SSSR count). The van der Waals surface area contributed by atoms with Crippen molar-refractivity contribution in [3.8, 4) is 0 Å². The fourth-order valence-corrected chi connectivity index (χ4v) is 3.51. The van der Waals surface area contributed by atoms with Crippen molar-refractivity contribution in [1.82, 2.24) is 9.97 Å². The first kappa shape index (κ1) is 11.9. The van der Waals surface area contributed by atoms with Gasteiger partial charge >= 0.3 is 0 Å². The van der Waals surface area contributed by atoms with E-state index in [1.165, 1.54) is 32.1 Å². The van der Waals surface area contributed by atoms with Gasteiger partial charge in [0.25, 0.3) is 0 Å². The molecular formula is C14H21N3O. The lowest BCUT2D eigenvalue weighted by atomic mass is 9.85. The summed E-state index contributed by atoms with van der Waals surface area (Å²) in [6.45, 7) is 3.03. The fraction of sp³-hybridized carbons (Fsp3) is 0.714. The van der Waals surface area contributed by atoms with E-state index in [9.17, 15) is 5.11 Å². The predicted molar refractivity (Wildman–Crippen MR) is 70.4 cm³/mol. The average Bonchev–Trinajstić information content (AvgIpc) is 2.82. The number of rotatable bonds is 2. The Morgan fingerprint density at radius 1 is 1.33 bits per heavy atom. The van der Waals surface area contributed by atoms with E-state index in [2.05, 4.69) is 14.9 Å². The van der Waals surface area contributed by atoms with E-state index in [0.717, 1.165) is 29.7 Å². The first-order valence-electron chi connectivity index (χ1n) is 6.99. The molecular weight excluding hydrogens is 226 g/mol. The van der Waals surface area contributed by atoms with Crippen molar-refractivity contribution in [1.29, 1.82) is 0 Å². The summed E-state index contributed by atoms with van der Waals surface area (Å²) >= 11 is 0. The zero-order chi connectivity index (χ0) is 12.5. The van der Waals surface area contributed by atoms with E-state index in [1.54, 1.807) is 6.20 Å². The largest absolute Gasteiger partial charge is 0.391 e. The van der Waals surface area contributed by atoms with Gasteiger partial charge in [-0.2, -0.15) is 0 Å². The van der Waals surface area contributed by atoms with Gasteiger partial charge in [0, 0.05) is 24.3 Å². The van der Waals surface area contributed by atoms with Crippen LogP contribution in [0.1, 0.15) is 43.5 Å². The Labute approximate surface area is 108 Å². The van der Waals surface area contributed by atoms with Crippen LogP contribution in [0.4, 0.5) is 5.82 Å². The lowest BCUT2D eigenvalue weighted by molar-refractivity contribution is 0.280. The molecule has 4 heteroatoms. The molecule has 1 aliphatic carbocycles. The third-order valence-electron chi connectivity index (χ3n) is 4.41. The van der Waals surface area contributed by atoms with Crippen LogP contribution in [0.2, 0.25) is 0 Å². The van der Waals surface area contributed by atoms with Crippen LogP contribution in [0.5, 0.6) is 0 Å². The van der Waals surface area contributed by atoms with Gasteiger partial charge in [-0.3, -0.25) is 0 Å². The van der Waals surface area contributed by atoms with Gasteiger partial charge in [-0.05, 0) is 32.1 Å². The summed E-state index contributed by atoms with van der Waals surface area (Å²) in [5, 5.41) is 9.46. The lowest BCUT2D eigenvalue weighted by Gasteiger charge is -2.33. The van der Waals surface area contributed by atoms with Crippen molar-refractivity contribution in [2.24, 2.45) is 5.92 Å². The molecule has 0 spiro atoms. The maximum Gasteiger partial charge on any atom is 0.138 e. The van der Waals surface area contributed by atoms with Crippen molar-refractivity contribution < 1.29 is 5.11 Å². The number of aryl methyl sites for hydroxylation is 1. The number of hydrogen-bond acceptors (Lipinski definition) is 4. The third-order valence-corrected chi connectivity index (χ3v) is 4.41. The summed E-state index contributed by atoms with van der Waals surface area (Å²) in [6, 6.07) is 0.637. The first-order valence-corrected chi connectivity index (χ1v) is 6.99. The molecule has 2 fully saturated rings. The SMILES string of the molecule is Cc1ncc(CO)c(N2CCC3CCCCC32)n1. The average molecular weight is 247 g/mol. The zero-order valence-electron chi connectivity index (χ0n) is 11.0. The second-order valence-electron chi connectivity index (χ2n) is 5.52. The monoisotopic (exact) mass is 247 g/mol. The smallest absolute Gasteiger partial charge is 0.138 e. The van der Waals surface area contributed by atoms with Crippen molar-refractivity contribution in [2.75, 3.05) is 11.4 Å². The van der Waals surface area contributed by atoms with Gasteiger partial charge in [0.05, 0.1) is 6.61 Å². The minimum absolute atomic E-state index is 0.0312. The van der Waals surface area contributed by atoms with Gasteiger partial charge in [-0.15, -0.1) is 0 Å². The van der Waals surface area contributed by atoms with Crippen molar-refractivity contribution >= 4 is 5.82 Å². The highest BCUT2D eigenvalue weighted by Crippen LogP contribution is 2.39. The summed E-state index contributed by atoms with van der Waals surface area (Å²) < 4.78 is 0. The zero-order valence-corrected chi connectivity index (χ0v) is 11.0. The fourth-order valence-electron chi connectivity index (χ4n) is 3.51. The van der Waals surface area contributed by atoms with Crippen molar-refractivity contribution in [2.45, 2.75) is 51.7 Å². The quantitative estimate of drug-likeness (QED) is 0.869. The molecule has 2 unspecified atom stereocenters. The second-order valence-corrected chi connectivity index (χ2v) is 5.52. The molecule has 18 heavy (non-hydrogen) atoms. The summed E-state index contributed by atoms with van der Waals surface area (Å²) in [5.41, 5.74) is 0.867. The highest BCUT2D eigenvalue weighted by atomic mass is 16.3. The number of aliphatic hydroxyl groups is 1. The van der Waals surface area contributed by atoms with Crippen LogP contribution in [-0.2, 0) is 6.61 Å². The van der Waals surface area contributed by atoms with Gasteiger partial charge in [0.2, 0.25) is 0 Å². The highest BCUT2D eigenvalue weighted by Gasteiger charge is 2.37. The first-order chi connectivity index (χ1) is 8.79. The maximum atomic E-state index is 9.46. The maximum absolute atomic E-state index is 9.46. The summed E-state index contributed by atoms with van der Waals surface area (Å²) in [7, 11) is 0. The van der Waals surface area contributed by atoms with Crippen LogP contribution < -0.4 is 4.90 Å². The van der Waals surface area contributed by atoms with Crippen LogP contribution in [0.25, 0.3) is 0 Å². The molecule has 1 aromatic rings. The van der Waals surface area contributed by atoms with E-state index in [-0.39, 0.29) is 6.61 Å². The van der Waals surface area contributed by atoms with Gasteiger partial charge in [0.1, 0.15) is 11.6 Å². The molecule has 0 bridgehead atoms. The third kappa shape index (κ3) is 1.99. The minimum atomic E-state index is 0.0312. The molecule has 4 nitrogen and oxygen atoms in total. The lowest BCUT2D eigenvalue weighted by Crippen LogP contribution is -2.36. The Balaban J connectivity index is 1.92. The number of nitrogens with zero attached hydrogens (tertiary/aromatic N) is 3. The second kappa shape index (κ2) is 4.84. The molecule has 2 atom stereocenters. The number of aromatic nitrogens is 2. The molecule has 0 radical (unpaired) electrons. The summed E-state index contributed by atoms with van der Waals surface area (Å²) in [5.74, 6) is 2.60. The van der Waals surface area contributed by atoms with E-state index in [1.807, 2.05) is 6.92 Å². The molecule has 1 N–H and O–H groups in total. The normalized spacial score (nSPS) is 27.3. The van der Waals surface area contributed by atoms with E-state index in [0.29, 0.717) is 6.04 Å². The predicted octanol–water partition coefficient (Wildman–Crippen LogP) is 2.05. The Kier molecular flexibility index (Phi) is 3.20. The Morgan fingerprint density at radius 2 is 2.17 bits per heavy atom. The molecule has 1 aliphatic heterocycles. The van der Waals surface area contributed by atoms with Gasteiger partial charge in [-0.1, -0.05) is 12.8 Å².